The maximum atomic E-state index is 12.7. The lowest BCUT2D eigenvalue weighted by Gasteiger charge is -2.09. The Labute approximate surface area is 166 Å². The molecule has 0 aliphatic carbocycles. The SMILES string of the molecule is O=C(Nc1cccc(C(F)(F)F)c1)Nc1nnc(COc2ccc(Cl)cc2)s1. The van der Waals surface area contributed by atoms with Gasteiger partial charge < -0.3 is 10.1 Å². The number of amides is 2. The highest BCUT2D eigenvalue weighted by Gasteiger charge is 2.30. The number of benzene rings is 2. The van der Waals surface area contributed by atoms with Crippen LogP contribution >= 0.6 is 22.9 Å². The third kappa shape index (κ3) is 5.57. The van der Waals surface area contributed by atoms with Crippen LogP contribution in [0.1, 0.15) is 10.6 Å². The minimum atomic E-state index is -4.49. The monoisotopic (exact) mass is 428 g/mol. The van der Waals surface area contributed by atoms with Crippen molar-refractivity contribution in [2.24, 2.45) is 0 Å². The first-order chi connectivity index (χ1) is 13.3. The number of rotatable bonds is 5. The quantitative estimate of drug-likeness (QED) is 0.568. The van der Waals surface area contributed by atoms with E-state index in [1.165, 1.54) is 12.1 Å². The second-order valence-electron chi connectivity index (χ2n) is 5.40. The Morgan fingerprint density at radius 2 is 1.86 bits per heavy atom. The molecule has 0 aliphatic heterocycles. The van der Waals surface area contributed by atoms with Crippen molar-refractivity contribution >= 4 is 39.8 Å². The van der Waals surface area contributed by atoms with Crippen molar-refractivity contribution < 1.29 is 22.7 Å². The minimum Gasteiger partial charge on any atom is -0.486 e. The van der Waals surface area contributed by atoms with Crippen molar-refractivity contribution in [2.45, 2.75) is 12.8 Å². The van der Waals surface area contributed by atoms with Crippen LogP contribution in [0.5, 0.6) is 5.75 Å². The largest absolute Gasteiger partial charge is 0.486 e. The zero-order valence-corrected chi connectivity index (χ0v) is 15.5. The van der Waals surface area contributed by atoms with E-state index in [0.29, 0.717) is 15.8 Å². The maximum Gasteiger partial charge on any atom is 0.416 e. The lowest BCUT2D eigenvalue weighted by molar-refractivity contribution is -0.137. The standard InChI is InChI=1S/C17H12ClF3N4O2S/c18-11-4-6-13(7-5-11)27-9-14-24-25-16(28-14)23-15(26)22-12-3-1-2-10(8-12)17(19,20)21/h1-8H,9H2,(H2,22,23,25,26). The molecule has 0 spiro atoms. The van der Waals surface area contributed by atoms with Gasteiger partial charge in [0, 0.05) is 10.7 Å². The van der Waals surface area contributed by atoms with Gasteiger partial charge in [0.2, 0.25) is 5.13 Å². The second-order valence-corrected chi connectivity index (χ2v) is 6.90. The van der Waals surface area contributed by atoms with E-state index >= 15 is 0 Å². The molecule has 0 saturated carbocycles. The summed E-state index contributed by atoms with van der Waals surface area (Å²) in [6, 6.07) is 10.3. The van der Waals surface area contributed by atoms with E-state index in [1.807, 2.05) is 0 Å². The number of carbonyl (C=O) groups excluding carboxylic acids is 1. The molecule has 11 heteroatoms. The molecule has 1 heterocycles. The molecule has 0 atom stereocenters. The molecule has 3 aromatic rings. The highest BCUT2D eigenvalue weighted by atomic mass is 35.5. The Morgan fingerprint density at radius 3 is 2.57 bits per heavy atom. The molecule has 146 valence electrons. The van der Waals surface area contributed by atoms with Crippen molar-refractivity contribution in [2.75, 3.05) is 10.6 Å². The van der Waals surface area contributed by atoms with E-state index in [1.54, 1.807) is 24.3 Å². The Morgan fingerprint density at radius 1 is 1.11 bits per heavy atom. The van der Waals surface area contributed by atoms with Crippen LogP contribution in [0.4, 0.5) is 28.8 Å². The fraction of sp³-hybridized carbons (Fsp3) is 0.118. The minimum absolute atomic E-state index is 0.00290. The van der Waals surface area contributed by atoms with Crippen LogP contribution in [0.15, 0.2) is 48.5 Å². The molecule has 0 unspecified atom stereocenters. The fourth-order valence-electron chi connectivity index (χ4n) is 2.07. The number of halogens is 4. The summed E-state index contributed by atoms with van der Waals surface area (Å²) in [5.74, 6) is 0.594. The molecule has 2 amide bonds. The van der Waals surface area contributed by atoms with E-state index in [-0.39, 0.29) is 17.4 Å². The molecule has 1 aromatic heterocycles. The number of hydrogen-bond acceptors (Lipinski definition) is 5. The normalized spacial score (nSPS) is 11.1. The molecule has 0 bridgehead atoms. The van der Waals surface area contributed by atoms with Crippen molar-refractivity contribution in [3.63, 3.8) is 0 Å². The molecular formula is C17H12ClF3N4O2S. The van der Waals surface area contributed by atoms with Crippen LogP contribution < -0.4 is 15.4 Å². The molecule has 0 radical (unpaired) electrons. The molecular weight excluding hydrogens is 417 g/mol. The third-order valence-electron chi connectivity index (χ3n) is 3.31. The van der Waals surface area contributed by atoms with Gasteiger partial charge in [0.15, 0.2) is 5.01 Å². The van der Waals surface area contributed by atoms with Gasteiger partial charge in [-0.05, 0) is 42.5 Å². The zero-order valence-electron chi connectivity index (χ0n) is 14.0. The van der Waals surface area contributed by atoms with Gasteiger partial charge in [0.25, 0.3) is 0 Å². The van der Waals surface area contributed by atoms with E-state index in [0.717, 1.165) is 23.5 Å². The summed E-state index contributed by atoms with van der Waals surface area (Å²) in [5.41, 5.74) is -0.856. The number of alkyl halides is 3. The maximum absolute atomic E-state index is 12.7. The zero-order chi connectivity index (χ0) is 20.1. The summed E-state index contributed by atoms with van der Waals surface area (Å²) < 4.78 is 43.6. The molecule has 3 rings (SSSR count). The summed E-state index contributed by atoms with van der Waals surface area (Å²) in [5, 5.41) is 13.7. The number of anilines is 2. The first-order valence-corrected chi connectivity index (χ1v) is 8.95. The highest BCUT2D eigenvalue weighted by Crippen LogP contribution is 2.30. The van der Waals surface area contributed by atoms with Gasteiger partial charge >= 0.3 is 12.2 Å². The van der Waals surface area contributed by atoms with E-state index in [9.17, 15) is 18.0 Å². The fourth-order valence-corrected chi connectivity index (χ4v) is 2.85. The van der Waals surface area contributed by atoms with Crippen LogP contribution in [0, 0.1) is 0 Å². The van der Waals surface area contributed by atoms with Gasteiger partial charge in [-0.25, -0.2) is 4.79 Å². The average molecular weight is 429 g/mol. The van der Waals surface area contributed by atoms with Crippen LogP contribution in [0.2, 0.25) is 5.02 Å². The molecule has 0 aliphatic rings. The number of nitrogens with one attached hydrogen (secondary N) is 2. The van der Waals surface area contributed by atoms with Crippen LogP contribution in [-0.4, -0.2) is 16.2 Å². The summed E-state index contributed by atoms with van der Waals surface area (Å²) in [6.07, 6.45) is -4.49. The predicted octanol–water partition coefficient (Wildman–Crippen LogP) is 5.43. The first-order valence-electron chi connectivity index (χ1n) is 7.75. The lowest BCUT2D eigenvalue weighted by Crippen LogP contribution is -2.19. The summed E-state index contributed by atoms with van der Waals surface area (Å²) in [6.45, 7) is 0.135. The van der Waals surface area contributed by atoms with Crippen molar-refractivity contribution in [3.05, 3.63) is 64.1 Å². The number of nitrogens with zero attached hydrogens (tertiary/aromatic N) is 2. The predicted molar refractivity (Wildman–Crippen MR) is 99.8 cm³/mol. The number of carbonyl (C=O) groups is 1. The highest BCUT2D eigenvalue weighted by molar-refractivity contribution is 7.15. The molecule has 28 heavy (non-hydrogen) atoms. The number of aromatic nitrogens is 2. The van der Waals surface area contributed by atoms with Crippen molar-refractivity contribution in [3.8, 4) is 5.75 Å². The number of urea groups is 1. The third-order valence-corrected chi connectivity index (χ3v) is 4.38. The van der Waals surface area contributed by atoms with Crippen LogP contribution in [0.25, 0.3) is 0 Å². The van der Waals surface area contributed by atoms with Gasteiger partial charge in [-0.1, -0.05) is 29.0 Å². The molecule has 0 saturated heterocycles. The van der Waals surface area contributed by atoms with Crippen LogP contribution in [-0.2, 0) is 12.8 Å². The van der Waals surface area contributed by atoms with E-state index < -0.39 is 17.8 Å². The van der Waals surface area contributed by atoms with Crippen LogP contribution in [0.3, 0.4) is 0 Å². The van der Waals surface area contributed by atoms with Gasteiger partial charge in [-0.3, -0.25) is 5.32 Å². The van der Waals surface area contributed by atoms with E-state index in [2.05, 4.69) is 20.8 Å². The number of ether oxygens (including phenoxy) is 1. The lowest BCUT2D eigenvalue weighted by atomic mass is 10.2. The summed E-state index contributed by atoms with van der Waals surface area (Å²) >= 11 is 6.87. The van der Waals surface area contributed by atoms with Crippen molar-refractivity contribution in [1.82, 2.24) is 10.2 Å². The van der Waals surface area contributed by atoms with Gasteiger partial charge in [0.05, 0.1) is 5.56 Å². The Balaban J connectivity index is 1.54. The Hall–Kier alpha value is -2.85. The smallest absolute Gasteiger partial charge is 0.416 e. The Bertz CT molecular complexity index is 964. The topological polar surface area (TPSA) is 76.1 Å². The second kappa shape index (κ2) is 8.44. The van der Waals surface area contributed by atoms with Gasteiger partial charge in [0.1, 0.15) is 12.4 Å². The Kier molecular flexibility index (Phi) is 6.00. The molecule has 2 aromatic carbocycles. The summed E-state index contributed by atoms with van der Waals surface area (Å²) in [7, 11) is 0. The van der Waals surface area contributed by atoms with E-state index in [4.69, 9.17) is 16.3 Å². The first kappa shape index (κ1) is 19.9. The number of hydrogen-bond donors (Lipinski definition) is 2. The molecule has 6 nitrogen and oxygen atoms in total. The molecule has 0 fully saturated rings. The molecule has 2 N–H and O–H groups in total. The average Bonchev–Trinajstić information content (AvgIpc) is 3.08. The summed E-state index contributed by atoms with van der Waals surface area (Å²) in [4.78, 5) is 12.0. The van der Waals surface area contributed by atoms with Gasteiger partial charge in [-0.2, -0.15) is 13.2 Å². The van der Waals surface area contributed by atoms with Gasteiger partial charge in [-0.15, -0.1) is 10.2 Å². The van der Waals surface area contributed by atoms with Crippen molar-refractivity contribution in [1.29, 1.82) is 0 Å².